The van der Waals surface area contributed by atoms with Crippen LogP contribution in [0.4, 0.5) is 0 Å². The predicted molar refractivity (Wildman–Crippen MR) is 60.6 cm³/mol. The topological polar surface area (TPSA) is 16.1 Å². The van der Waals surface area contributed by atoms with Gasteiger partial charge in [-0.15, -0.1) is 0 Å². The van der Waals surface area contributed by atoms with Crippen molar-refractivity contribution in [2.24, 2.45) is 5.41 Å². The molecule has 0 amide bonds. The van der Waals surface area contributed by atoms with Crippen LogP contribution in [-0.2, 0) is 13.0 Å². The molecule has 0 saturated heterocycles. The molecule has 2 nitrogen and oxygen atoms in total. The highest BCUT2D eigenvalue weighted by Crippen LogP contribution is 2.45. The Bertz CT molecular complexity index is 369. The highest BCUT2D eigenvalue weighted by Gasteiger charge is 2.39. The summed E-state index contributed by atoms with van der Waals surface area (Å²) in [5.74, 6) is 0. The van der Waals surface area contributed by atoms with Gasteiger partial charge in [0.25, 0.3) is 0 Å². The van der Waals surface area contributed by atoms with Crippen LogP contribution in [-0.4, -0.2) is 23.0 Å². The van der Waals surface area contributed by atoms with Gasteiger partial charge in [-0.05, 0) is 36.3 Å². The Hall–Kier alpha value is -0.890. The maximum Gasteiger partial charge on any atom is 0.0576 e. The summed E-state index contributed by atoms with van der Waals surface area (Å²) in [5.41, 5.74) is 3.38. The average Bonchev–Trinajstić information content (AvgIpc) is 2.96. The molecular formula is C13H18N2. The number of hydrogen-bond acceptors (Lipinski definition) is 2. The number of pyridine rings is 1. The van der Waals surface area contributed by atoms with Crippen LogP contribution < -0.4 is 0 Å². The van der Waals surface area contributed by atoms with E-state index in [1.54, 1.807) is 0 Å². The van der Waals surface area contributed by atoms with E-state index in [9.17, 15) is 0 Å². The van der Waals surface area contributed by atoms with Crippen molar-refractivity contribution in [1.82, 2.24) is 9.88 Å². The zero-order valence-corrected chi connectivity index (χ0v) is 9.37. The van der Waals surface area contributed by atoms with Gasteiger partial charge < -0.3 is 0 Å². The van der Waals surface area contributed by atoms with Gasteiger partial charge in [-0.1, -0.05) is 13.0 Å². The van der Waals surface area contributed by atoms with Crippen molar-refractivity contribution in [3.63, 3.8) is 0 Å². The predicted octanol–water partition coefficient (Wildman–Crippen LogP) is 2.24. The molecule has 3 rings (SSSR count). The van der Waals surface area contributed by atoms with E-state index in [2.05, 4.69) is 28.9 Å². The minimum Gasteiger partial charge on any atom is -0.297 e. The lowest BCUT2D eigenvalue weighted by Gasteiger charge is -2.30. The second-order valence-electron chi connectivity index (χ2n) is 5.38. The van der Waals surface area contributed by atoms with Crippen molar-refractivity contribution < 1.29 is 0 Å². The molecule has 0 atom stereocenters. The van der Waals surface area contributed by atoms with E-state index in [0.717, 1.165) is 6.54 Å². The van der Waals surface area contributed by atoms with E-state index in [1.165, 1.54) is 43.6 Å². The molecule has 0 spiro atoms. The maximum atomic E-state index is 4.48. The zero-order chi connectivity index (χ0) is 10.3. The van der Waals surface area contributed by atoms with E-state index >= 15 is 0 Å². The number of nitrogens with zero attached hydrogens (tertiary/aromatic N) is 2. The average molecular weight is 202 g/mol. The molecule has 2 aliphatic rings. The fourth-order valence-corrected chi connectivity index (χ4v) is 2.46. The van der Waals surface area contributed by atoms with Crippen LogP contribution in [0.3, 0.4) is 0 Å². The largest absolute Gasteiger partial charge is 0.297 e. The maximum absolute atomic E-state index is 4.48. The molecule has 0 radical (unpaired) electrons. The van der Waals surface area contributed by atoms with E-state index < -0.39 is 0 Å². The number of fused-ring (bicyclic) bond motifs is 1. The summed E-state index contributed by atoms with van der Waals surface area (Å²) in [6, 6.07) is 4.27. The fourth-order valence-electron chi connectivity index (χ4n) is 2.46. The Balaban J connectivity index is 1.72. The molecule has 1 saturated carbocycles. The standard InChI is InChI=1S/C13H18N2/c1-13(5-6-13)10-15-8-4-11-3-2-7-14-12(11)9-15/h2-3,7H,4-6,8-10H2,1H3. The zero-order valence-electron chi connectivity index (χ0n) is 9.37. The third-order valence-electron chi connectivity index (χ3n) is 3.76. The quantitative estimate of drug-likeness (QED) is 0.731. The lowest BCUT2D eigenvalue weighted by Crippen LogP contribution is -2.35. The first-order valence-electron chi connectivity index (χ1n) is 5.90. The van der Waals surface area contributed by atoms with Crippen LogP contribution in [0.2, 0.25) is 0 Å². The van der Waals surface area contributed by atoms with Crippen LogP contribution in [0.5, 0.6) is 0 Å². The van der Waals surface area contributed by atoms with Crippen LogP contribution in [0.25, 0.3) is 0 Å². The lowest BCUT2D eigenvalue weighted by atomic mass is 10.0. The van der Waals surface area contributed by atoms with Gasteiger partial charge in [-0.3, -0.25) is 9.88 Å². The molecule has 2 heterocycles. The number of hydrogen-bond donors (Lipinski definition) is 0. The number of aromatic nitrogens is 1. The van der Waals surface area contributed by atoms with Crippen LogP contribution in [0.1, 0.15) is 31.0 Å². The molecule has 1 aromatic rings. The van der Waals surface area contributed by atoms with E-state index in [0.29, 0.717) is 5.41 Å². The summed E-state index contributed by atoms with van der Waals surface area (Å²) >= 11 is 0. The molecule has 1 aliphatic heterocycles. The van der Waals surface area contributed by atoms with Crippen molar-refractivity contribution in [1.29, 1.82) is 0 Å². The Morgan fingerprint density at radius 1 is 1.47 bits per heavy atom. The molecule has 1 aromatic heterocycles. The van der Waals surface area contributed by atoms with Gasteiger partial charge in [0.05, 0.1) is 5.69 Å². The van der Waals surface area contributed by atoms with Crippen LogP contribution >= 0.6 is 0 Å². The molecule has 1 fully saturated rings. The fraction of sp³-hybridized carbons (Fsp3) is 0.615. The minimum atomic E-state index is 0.631. The SMILES string of the molecule is CC1(CN2CCc3cccnc3C2)CC1. The summed E-state index contributed by atoms with van der Waals surface area (Å²) < 4.78 is 0. The second kappa shape index (κ2) is 3.31. The summed E-state index contributed by atoms with van der Waals surface area (Å²) in [4.78, 5) is 7.05. The first-order valence-corrected chi connectivity index (χ1v) is 5.90. The monoisotopic (exact) mass is 202 g/mol. The second-order valence-corrected chi connectivity index (χ2v) is 5.38. The smallest absolute Gasteiger partial charge is 0.0576 e. The van der Waals surface area contributed by atoms with Crippen molar-refractivity contribution in [2.75, 3.05) is 13.1 Å². The molecule has 15 heavy (non-hydrogen) atoms. The Labute approximate surface area is 91.3 Å². The molecule has 0 aromatic carbocycles. The summed E-state index contributed by atoms with van der Waals surface area (Å²) in [5, 5.41) is 0. The van der Waals surface area contributed by atoms with Gasteiger partial charge in [-0.25, -0.2) is 0 Å². The lowest BCUT2D eigenvalue weighted by molar-refractivity contribution is 0.208. The minimum absolute atomic E-state index is 0.631. The van der Waals surface area contributed by atoms with Gasteiger partial charge in [0, 0.05) is 25.8 Å². The van der Waals surface area contributed by atoms with Gasteiger partial charge in [0.1, 0.15) is 0 Å². The van der Waals surface area contributed by atoms with Crippen molar-refractivity contribution in [3.8, 4) is 0 Å². The molecule has 80 valence electrons. The molecule has 0 bridgehead atoms. The van der Waals surface area contributed by atoms with E-state index in [4.69, 9.17) is 0 Å². The Morgan fingerprint density at radius 2 is 2.33 bits per heavy atom. The highest BCUT2D eigenvalue weighted by molar-refractivity contribution is 5.22. The van der Waals surface area contributed by atoms with Gasteiger partial charge in [0.2, 0.25) is 0 Å². The first kappa shape index (κ1) is 9.34. The molecular weight excluding hydrogens is 184 g/mol. The van der Waals surface area contributed by atoms with Gasteiger partial charge in [0.15, 0.2) is 0 Å². The summed E-state index contributed by atoms with van der Waals surface area (Å²) in [6.07, 6.45) is 5.93. The molecule has 1 aliphatic carbocycles. The molecule has 0 N–H and O–H groups in total. The highest BCUT2D eigenvalue weighted by atomic mass is 15.1. The number of rotatable bonds is 2. The van der Waals surface area contributed by atoms with Crippen molar-refractivity contribution >= 4 is 0 Å². The van der Waals surface area contributed by atoms with Crippen LogP contribution in [0, 0.1) is 5.41 Å². The van der Waals surface area contributed by atoms with Crippen LogP contribution in [0.15, 0.2) is 18.3 Å². The Morgan fingerprint density at radius 3 is 3.13 bits per heavy atom. The van der Waals surface area contributed by atoms with Crippen molar-refractivity contribution in [2.45, 2.75) is 32.7 Å². The first-order chi connectivity index (χ1) is 7.25. The third kappa shape index (κ3) is 1.91. The molecule has 0 unspecified atom stereocenters. The summed E-state index contributed by atoms with van der Waals surface area (Å²) in [7, 11) is 0. The van der Waals surface area contributed by atoms with Gasteiger partial charge >= 0.3 is 0 Å². The van der Waals surface area contributed by atoms with Gasteiger partial charge in [-0.2, -0.15) is 0 Å². The van der Waals surface area contributed by atoms with Crippen molar-refractivity contribution in [3.05, 3.63) is 29.6 Å². The summed E-state index contributed by atoms with van der Waals surface area (Å²) in [6.45, 7) is 5.95. The molecule has 2 heteroatoms. The normalized spacial score (nSPS) is 23.5. The third-order valence-corrected chi connectivity index (χ3v) is 3.76. The van der Waals surface area contributed by atoms with E-state index in [1.807, 2.05) is 6.20 Å². The van der Waals surface area contributed by atoms with E-state index in [-0.39, 0.29) is 0 Å². The Kier molecular flexibility index (Phi) is 2.06.